The van der Waals surface area contributed by atoms with E-state index in [9.17, 15) is 9.18 Å². The van der Waals surface area contributed by atoms with Crippen LogP contribution >= 0.6 is 0 Å². The number of terminal acetylenes is 1. The lowest BCUT2D eigenvalue weighted by Gasteiger charge is -2.21. The molecule has 33 heavy (non-hydrogen) atoms. The average molecular weight is 449 g/mol. The van der Waals surface area contributed by atoms with Gasteiger partial charge in [-0.15, -0.1) is 6.42 Å². The molecule has 1 saturated heterocycles. The third-order valence-corrected chi connectivity index (χ3v) is 6.12. The molecular weight excluding hydrogens is 419 g/mol. The number of hydrogen-bond donors (Lipinski definition) is 2. The maximum atomic E-state index is 14.2. The molecule has 1 aliphatic carbocycles. The Balaban J connectivity index is 0.000000374. The second-order valence-corrected chi connectivity index (χ2v) is 8.57. The Morgan fingerprint density at radius 3 is 2.73 bits per heavy atom. The van der Waals surface area contributed by atoms with Gasteiger partial charge in [0.15, 0.2) is 5.82 Å². The second kappa shape index (κ2) is 10.5. The van der Waals surface area contributed by atoms with Gasteiger partial charge in [-0.25, -0.2) is 14.4 Å². The van der Waals surface area contributed by atoms with Crippen LogP contribution in [0.5, 0.6) is 0 Å². The van der Waals surface area contributed by atoms with Gasteiger partial charge in [-0.2, -0.15) is 5.26 Å². The molecule has 2 fully saturated rings. The quantitative estimate of drug-likeness (QED) is 0.516. The van der Waals surface area contributed by atoms with Crippen LogP contribution in [-0.4, -0.2) is 42.9 Å². The number of anilines is 1. The molecule has 0 radical (unpaired) electrons. The van der Waals surface area contributed by atoms with Crippen LogP contribution in [-0.2, 0) is 11.3 Å². The lowest BCUT2D eigenvalue weighted by Crippen LogP contribution is -2.25. The summed E-state index contributed by atoms with van der Waals surface area (Å²) in [5, 5.41) is 11.3. The normalized spacial score (nSPS) is 18.0. The van der Waals surface area contributed by atoms with Crippen LogP contribution in [0.25, 0.3) is 11.4 Å². The fourth-order valence-corrected chi connectivity index (χ4v) is 3.69. The monoisotopic (exact) mass is 448 g/mol. The van der Waals surface area contributed by atoms with Gasteiger partial charge in [0, 0.05) is 48.1 Å². The Hall–Kier alpha value is -3.33. The number of aromatic nitrogens is 2. The highest BCUT2D eigenvalue weighted by atomic mass is 19.1. The maximum Gasteiger partial charge on any atom is 0.161 e. The Labute approximate surface area is 194 Å². The van der Waals surface area contributed by atoms with Crippen molar-refractivity contribution in [1.29, 1.82) is 5.26 Å². The van der Waals surface area contributed by atoms with Crippen molar-refractivity contribution in [2.45, 2.75) is 32.7 Å². The van der Waals surface area contributed by atoms with Gasteiger partial charge < -0.3 is 20.7 Å². The fraction of sp³-hybridized carbons (Fsp3) is 0.440. The first-order chi connectivity index (χ1) is 15.9. The van der Waals surface area contributed by atoms with E-state index in [1.165, 1.54) is 6.07 Å². The summed E-state index contributed by atoms with van der Waals surface area (Å²) in [5.74, 6) is 4.02. The molecule has 1 unspecified atom stereocenters. The first-order valence-electron chi connectivity index (χ1n) is 11.0. The number of rotatable bonds is 6. The van der Waals surface area contributed by atoms with Crippen molar-refractivity contribution in [3.8, 4) is 29.8 Å². The molecular formula is C25H29FN6O. The van der Waals surface area contributed by atoms with Crippen LogP contribution in [0.4, 0.5) is 10.2 Å². The highest BCUT2D eigenvalue weighted by Crippen LogP contribution is 2.42. The predicted molar refractivity (Wildman–Crippen MR) is 126 cm³/mol. The Morgan fingerprint density at radius 1 is 1.45 bits per heavy atom. The van der Waals surface area contributed by atoms with E-state index in [1.54, 1.807) is 19.2 Å². The van der Waals surface area contributed by atoms with Crippen molar-refractivity contribution in [3.05, 3.63) is 40.8 Å². The largest absolute Gasteiger partial charge is 0.356 e. The Kier molecular flexibility index (Phi) is 7.75. The van der Waals surface area contributed by atoms with E-state index >= 15 is 0 Å². The summed E-state index contributed by atoms with van der Waals surface area (Å²) in [7, 11) is 1.89. The lowest BCUT2D eigenvalue weighted by atomic mass is 10.0. The molecule has 3 N–H and O–H groups in total. The topological polar surface area (TPSA) is 108 Å². The number of carbonyl (C=O) groups is 1. The zero-order valence-electron chi connectivity index (χ0n) is 19.1. The molecule has 0 spiro atoms. The van der Waals surface area contributed by atoms with Crippen LogP contribution < -0.4 is 16.0 Å². The molecule has 1 atom stereocenters. The van der Waals surface area contributed by atoms with Crippen LogP contribution in [0.3, 0.4) is 0 Å². The fourth-order valence-electron chi connectivity index (χ4n) is 3.69. The molecule has 2 heterocycles. The molecule has 2 aliphatic rings. The number of nitrogens with one attached hydrogen (secondary N) is 1. The summed E-state index contributed by atoms with van der Waals surface area (Å²) in [6.07, 6.45) is 10.6. The number of benzene rings is 1. The van der Waals surface area contributed by atoms with E-state index in [-0.39, 0.29) is 5.82 Å². The van der Waals surface area contributed by atoms with Gasteiger partial charge in [0.2, 0.25) is 0 Å². The summed E-state index contributed by atoms with van der Waals surface area (Å²) in [4.78, 5) is 21.3. The van der Waals surface area contributed by atoms with Gasteiger partial charge >= 0.3 is 0 Å². The lowest BCUT2D eigenvalue weighted by molar-refractivity contribution is -0.110. The molecule has 1 aliphatic heterocycles. The number of halogens is 1. The van der Waals surface area contributed by atoms with Crippen molar-refractivity contribution in [1.82, 2.24) is 15.3 Å². The van der Waals surface area contributed by atoms with Crippen molar-refractivity contribution >= 4 is 12.1 Å². The standard InChI is InChI=1S/C20H24FN5.C5H5NO/c1-4-15-7-16(8-18(21)13(15)2)19-24-11-17(10-23-3)20(25-19)26-6-5-14(9-22)12-26;6-3-5(4-7)1-2-5/h1,7-8,11,14,23H,5-6,9-10,12,22H2,2-3H3;4H,1-2H2. The maximum absolute atomic E-state index is 14.2. The highest BCUT2D eigenvalue weighted by Gasteiger charge is 2.42. The molecule has 172 valence electrons. The summed E-state index contributed by atoms with van der Waals surface area (Å²) in [6.45, 7) is 4.80. The summed E-state index contributed by atoms with van der Waals surface area (Å²) < 4.78 is 14.2. The SMILES string of the molecule is C#Cc1cc(-c2ncc(CNC)c(N3CCC(CN)C3)n2)cc(F)c1C.N#CC1(C=O)CC1. The summed E-state index contributed by atoms with van der Waals surface area (Å²) in [6, 6.07) is 5.14. The number of nitrogens with two attached hydrogens (primary N) is 1. The predicted octanol–water partition coefficient (Wildman–Crippen LogP) is 2.57. The van der Waals surface area contributed by atoms with Gasteiger partial charge in [0.05, 0.1) is 6.07 Å². The molecule has 1 aromatic carbocycles. The first kappa shape index (κ1) is 24.3. The van der Waals surface area contributed by atoms with E-state index in [1.807, 2.05) is 13.1 Å². The van der Waals surface area contributed by atoms with E-state index in [4.69, 9.17) is 22.4 Å². The number of nitrogens with zero attached hydrogens (tertiary/aromatic N) is 4. The van der Waals surface area contributed by atoms with Crippen molar-refractivity contribution in [3.63, 3.8) is 0 Å². The van der Waals surface area contributed by atoms with Gasteiger partial charge in [-0.3, -0.25) is 0 Å². The molecule has 1 saturated carbocycles. The van der Waals surface area contributed by atoms with Gasteiger partial charge in [-0.1, -0.05) is 5.92 Å². The summed E-state index contributed by atoms with van der Waals surface area (Å²) in [5.41, 5.74) is 7.87. The molecule has 1 aromatic heterocycles. The zero-order valence-corrected chi connectivity index (χ0v) is 19.1. The van der Waals surface area contributed by atoms with E-state index in [0.717, 1.165) is 50.0 Å². The molecule has 2 aromatic rings. The zero-order chi connectivity index (χ0) is 24.0. The van der Waals surface area contributed by atoms with Crippen LogP contribution in [0.1, 0.15) is 36.0 Å². The molecule has 0 bridgehead atoms. The smallest absolute Gasteiger partial charge is 0.161 e. The van der Waals surface area contributed by atoms with Crippen molar-refractivity contribution in [2.24, 2.45) is 17.1 Å². The molecule has 4 rings (SSSR count). The Bertz CT molecular complexity index is 1100. The average Bonchev–Trinajstić information content (AvgIpc) is 3.49. The van der Waals surface area contributed by atoms with Gasteiger partial charge in [0.1, 0.15) is 23.3 Å². The minimum atomic E-state index is -0.542. The van der Waals surface area contributed by atoms with Gasteiger partial charge in [-0.05, 0) is 57.8 Å². The van der Waals surface area contributed by atoms with E-state index in [2.05, 4.69) is 21.1 Å². The van der Waals surface area contributed by atoms with Crippen LogP contribution in [0.15, 0.2) is 18.3 Å². The van der Waals surface area contributed by atoms with Crippen molar-refractivity contribution in [2.75, 3.05) is 31.6 Å². The minimum absolute atomic E-state index is 0.343. The van der Waals surface area contributed by atoms with Gasteiger partial charge in [0.25, 0.3) is 0 Å². The third kappa shape index (κ3) is 5.54. The first-order valence-corrected chi connectivity index (χ1v) is 11.0. The highest BCUT2D eigenvalue weighted by molar-refractivity contribution is 5.68. The third-order valence-electron chi connectivity index (χ3n) is 6.12. The van der Waals surface area contributed by atoms with E-state index < -0.39 is 5.41 Å². The number of carbonyl (C=O) groups excluding carboxylic acids is 1. The molecule has 0 amide bonds. The second-order valence-electron chi connectivity index (χ2n) is 8.57. The molecule has 7 nitrogen and oxygen atoms in total. The minimum Gasteiger partial charge on any atom is -0.356 e. The summed E-state index contributed by atoms with van der Waals surface area (Å²) >= 11 is 0. The van der Waals surface area contributed by atoms with Crippen molar-refractivity contribution < 1.29 is 9.18 Å². The number of aldehydes is 1. The van der Waals surface area contributed by atoms with Crippen LogP contribution in [0.2, 0.25) is 0 Å². The van der Waals surface area contributed by atoms with E-state index in [0.29, 0.717) is 41.5 Å². The van der Waals surface area contributed by atoms with Crippen LogP contribution in [0, 0.1) is 47.7 Å². The number of hydrogen-bond acceptors (Lipinski definition) is 7. The number of nitriles is 1. The molecule has 8 heteroatoms. The Morgan fingerprint density at radius 2 is 2.21 bits per heavy atom.